The summed E-state index contributed by atoms with van der Waals surface area (Å²) in [6.45, 7) is 2.18. The second-order valence-corrected chi connectivity index (χ2v) is 10.1. The van der Waals surface area contributed by atoms with Crippen LogP contribution in [0, 0.1) is 34.8 Å². The Balaban J connectivity index is 1.86. The van der Waals surface area contributed by atoms with Gasteiger partial charge in [-0.3, -0.25) is 10.1 Å². The molecule has 0 spiro atoms. The van der Waals surface area contributed by atoms with E-state index in [2.05, 4.69) is 17.9 Å². The maximum absolute atomic E-state index is 13.4. The lowest BCUT2D eigenvalue weighted by Crippen LogP contribution is -2.34. The number of hydrogen-bond acceptors (Lipinski definition) is 4. The number of benzene rings is 2. The van der Waals surface area contributed by atoms with E-state index < -0.39 is 14.9 Å². The van der Waals surface area contributed by atoms with Crippen molar-refractivity contribution in [2.75, 3.05) is 19.0 Å². The van der Waals surface area contributed by atoms with E-state index in [0.29, 0.717) is 11.4 Å². The fourth-order valence-electron chi connectivity index (χ4n) is 3.55. The predicted molar refractivity (Wildman–Crippen MR) is 126 cm³/mol. The molecule has 0 bridgehead atoms. The molecule has 2 aromatic rings. The van der Waals surface area contributed by atoms with Crippen LogP contribution < -0.4 is 0 Å². The number of rotatable bonds is 7. The van der Waals surface area contributed by atoms with Gasteiger partial charge in [-0.1, -0.05) is 41.2 Å². The van der Waals surface area contributed by atoms with Gasteiger partial charge in [0.1, 0.15) is 0 Å². The first-order valence-electron chi connectivity index (χ1n) is 10.4. The van der Waals surface area contributed by atoms with Gasteiger partial charge in [0.15, 0.2) is 0 Å². The highest BCUT2D eigenvalue weighted by atomic mass is 35.5. The van der Waals surface area contributed by atoms with Gasteiger partial charge in [-0.05, 0) is 56.4 Å². The Labute approximate surface area is 194 Å². The first-order chi connectivity index (χ1) is 15.3. The molecule has 0 N–H and O–H groups in total. The molecule has 6 nitrogen and oxygen atoms in total. The van der Waals surface area contributed by atoms with Crippen LogP contribution in [-0.4, -0.2) is 36.6 Å². The normalized spacial score (nSPS) is 16.2. The smallest absolute Gasteiger partial charge is 0.258 e. The van der Waals surface area contributed by atoms with Crippen molar-refractivity contribution in [2.24, 2.45) is 5.92 Å². The van der Waals surface area contributed by atoms with Crippen LogP contribution in [0.5, 0.6) is 0 Å². The monoisotopic (exact) mass is 472 g/mol. The van der Waals surface area contributed by atoms with E-state index in [1.165, 1.54) is 16.4 Å². The fourth-order valence-corrected chi connectivity index (χ4v) is 5.14. The van der Waals surface area contributed by atoms with E-state index in [1.807, 2.05) is 6.92 Å². The Morgan fingerprint density at radius 1 is 1.16 bits per heavy atom. The number of halogens is 1. The minimum absolute atomic E-state index is 0.01000. The highest BCUT2D eigenvalue weighted by Crippen LogP contribution is 2.26. The predicted octanol–water partition coefficient (Wildman–Crippen LogP) is 4.91. The lowest BCUT2D eigenvalue weighted by atomic mass is 9.92. The van der Waals surface area contributed by atoms with Crippen LogP contribution in [0.25, 0.3) is 0 Å². The zero-order chi connectivity index (χ0) is 23.1. The molecule has 0 radical (unpaired) electrons. The number of nitrogens with zero attached hydrogens (tertiary/aromatic N) is 2. The number of hydrogen-bond donors (Lipinski definition) is 0. The van der Waals surface area contributed by atoms with Gasteiger partial charge in [0.05, 0.1) is 16.4 Å². The number of non-ortho nitro benzene ring substituents is 1. The third kappa shape index (κ3) is 6.19. The number of alkyl halides is 1. The maximum Gasteiger partial charge on any atom is 0.269 e. The minimum Gasteiger partial charge on any atom is -0.258 e. The van der Waals surface area contributed by atoms with Crippen LogP contribution in [0.2, 0.25) is 0 Å². The lowest BCUT2D eigenvalue weighted by Gasteiger charge is -2.25. The molecule has 0 heterocycles. The molecule has 0 saturated heterocycles. The van der Waals surface area contributed by atoms with Crippen molar-refractivity contribution in [2.45, 2.75) is 31.1 Å². The third-order valence-electron chi connectivity index (χ3n) is 5.35. The Morgan fingerprint density at radius 2 is 1.84 bits per heavy atom. The molecule has 2 aromatic carbocycles. The van der Waals surface area contributed by atoms with E-state index >= 15 is 0 Å². The average Bonchev–Trinajstić information content (AvgIpc) is 2.79. The molecule has 3 rings (SSSR count). The second-order valence-electron chi connectivity index (χ2n) is 7.82. The zero-order valence-corrected chi connectivity index (χ0v) is 19.4. The molecule has 0 fully saturated rings. The van der Waals surface area contributed by atoms with Crippen molar-refractivity contribution < 1.29 is 13.3 Å². The Kier molecular flexibility index (Phi) is 8.08. The van der Waals surface area contributed by atoms with Crippen molar-refractivity contribution >= 4 is 27.3 Å². The molecular weight excluding hydrogens is 448 g/mol. The first kappa shape index (κ1) is 24.0. The van der Waals surface area contributed by atoms with E-state index in [4.69, 9.17) is 11.6 Å². The Bertz CT molecular complexity index is 1150. The molecule has 1 aliphatic rings. The standard InChI is InChI=1S/C24H25ClN2O4S/c1-19-7-13-24(14-8-19)32(30,31)26(18-22-5-2-4-21(16-22)17-25)15-3-6-20-9-11-23(12-10-20)27(28)29/h7-14,16,21H,2,4-5,15,17-18H2,1H3. The van der Waals surface area contributed by atoms with Gasteiger partial charge in [0.2, 0.25) is 10.0 Å². The van der Waals surface area contributed by atoms with Gasteiger partial charge in [0, 0.05) is 30.1 Å². The summed E-state index contributed by atoms with van der Waals surface area (Å²) < 4.78 is 28.1. The van der Waals surface area contributed by atoms with Crippen molar-refractivity contribution in [3.8, 4) is 11.8 Å². The molecular formula is C24H25ClN2O4S. The van der Waals surface area contributed by atoms with Crippen LogP contribution in [0.4, 0.5) is 5.69 Å². The van der Waals surface area contributed by atoms with Crippen LogP contribution in [-0.2, 0) is 10.0 Å². The summed E-state index contributed by atoms with van der Waals surface area (Å²) >= 11 is 6.02. The molecule has 1 unspecified atom stereocenters. The highest BCUT2D eigenvalue weighted by molar-refractivity contribution is 7.89. The molecule has 32 heavy (non-hydrogen) atoms. The molecule has 168 valence electrons. The summed E-state index contributed by atoms with van der Waals surface area (Å²) in [5, 5.41) is 10.8. The molecule has 0 aliphatic heterocycles. The number of aryl methyl sites for hydroxylation is 1. The van der Waals surface area contributed by atoms with Crippen molar-refractivity contribution in [3.63, 3.8) is 0 Å². The fraction of sp³-hybridized carbons (Fsp3) is 0.333. The second kappa shape index (κ2) is 10.8. The van der Waals surface area contributed by atoms with Crippen molar-refractivity contribution in [1.82, 2.24) is 4.31 Å². The molecule has 0 amide bonds. The van der Waals surface area contributed by atoms with Crippen LogP contribution in [0.15, 0.2) is 65.1 Å². The van der Waals surface area contributed by atoms with Gasteiger partial charge < -0.3 is 0 Å². The van der Waals surface area contributed by atoms with E-state index in [-0.39, 0.29) is 29.6 Å². The van der Waals surface area contributed by atoms with Crippen LogP contribution in [0.1, 0.15) is 30.4 Å². The Hall–Kier alpha value is -2.66. The number of nitro benzene ring substituents is 1. The molecule has 1 aliphatic carbocycles. The molecule has 0 aromatic heterocycles. The van der Waals surface area contributed by atoms with E-state index in [9.17, 15) is 18.5 Å². The van der Waals surface area contributed by atoms with Crippen LogP contribution >= 0.6 is 11.6 Å². The summed E-state index contributed by atoms with van der Waals surface area (Å²) in [5.41, 5.74) is 2.60. The highest BCUT2D eigenvalue weighted by Gasteiger charge is 2.26. The first-order valence-corrected chi connectivity index (χ1v) is 12.3. The summed E-state index contributed by atoms with van der Waals surface area (Å²) in [5.74, 6) is 6.62. The van der Waals surface area contributed by atoms with Gasteiger partial charge in [-0.2, -0.15) is 4.31 Å². The number of allylic oxidation sites excluding steroid dienone is 1. The lowest BCUT2D eigenvalue weighted by molar-refractivity contribution is -0.384. The third-order valence-corrected chi connectivity index (χ3v) is 7.55. The van der Waals surface area contributed by atoms with E-state index in [0.717, 1.165) is 30.4 Å². The zero-order valence-electron chi connectivity index (χ0n) is 17.8. The van der Waals surface area contributed by atoms with Gasteiger partial charge in [-0.15, -0.1) is 11.6 Å². The topological polar surface area (TPSA) is 80.5 Å². The SMILES string of the molecule is Cc1ccc(S(=O)(=O)N(CC#Cc2ccc([N+](=O)[O-])cc2)CC2=CC(CCl)CCC2)cc1. The molecule has 0 saturated carbocycles. The summed E-state index contributed by atoms with van der Waals surface area (Å²) in [6.07, 6.45) is 4.93. The van der Waals surface area contributed by atoms with Gasteiger partial charge in [-0.25, -0.2) is 8.42 Å². The minimum atomic E-state index is -3.75. The van der Waals surface area contributed by atoms with Crippen LogP contribution in [0.3, 0.4) is 0 Å². The maximum atomic E-state index is 13.4. The summed E-state index contributed by atoms with van der Waals surface area (Å²) in [4.78, 5) is 10.6. The summed E-state index contributed by atoms with van der Waals surface area (Å²) in [7, 11) is -3.75. The van der Waals surface area contributed by atoms with E-state index in [1.54, 1.807) is 36.4 Å². The average molecular weight is 473 g/mol. The summed E-state index contributed by atoms with van der Waals surface area (Å²) in [6, 6.07) is 12.6. The van der Waals surface area contributed by atoms with Gasteiger partial charge in [0.25, 0.3) is 5.69 Å². The number of nitro groups is 1. The molecule has 1 atom stereocenters. The molecule has 8 heteroatoms. The number of sulfonamides is 1. The quantitative estimate of drug-likeness (QED) is 0.188. The largest absolute Gasteiger partial charge is 0.269 e. The Morgan fingerprint density at radius 3 is 2.47 bits per heavy atom. The van der Waals surface area contributed by atoms with Crippen molar-refractivity contribution in [3.05, 3.63) is 81.4 Å². The van der Waals surface area contributed by atoms with Gasteiger partial charge >= 0.3 is 0 Å². The van der Waals surface area contributed by atoms with Crippen molar-refractivity contribution in [1.29, 1.82) is 0 Å².